The van der Waals surface area contributed by atoms with Crippen molar-refractivity contribution in [1.82, 2.24) is 9.78 Å². The molecule has 1 aromatic rings. The van der Waals surface area contributed by atoms with Gasteiger partial charge in [-0.05, 0) is 28.8 Å². The summed E-state index contributed by atoms with van der Waals surface area (Å²) in [6.07, 6.45) is 0. The van der Waals surface area contributed by atoms with Crippen LogP contribution >= 0.6 is 15.9 Å². The molecule has 0 N–H and O–H groups in total. The second kappa shape index (κ2) is 2.97. The minimum atomic E-state index is 0.524. The van der Waals surface area contributed by atoms with Crippen LogP contribution < -0.4 is 0 Å². The Labute approximate surface area is 75.7 Å². The van der Waals surface area contributed by atoms with Gasteiger partial charge in [-0.3, -0.25) is 4.68 Å². The van der Waals surface area contributed by atoms with Crippen LogP contribution in [0, 0.1) is 6.92 Å². The van der Waals surface area contributed by atoms with Crippen molar-refractivity contribution < 1.29 is 0 Å². The number of aryl methyl sites for hydroxylation is 2. The van der Waals surface area contributed by atoms with Gasteiger partial charge in [0.15, 0.2) is 0 Å². The fourth-order valence-electron chi connectivity index (χ4n) is 1.28. The molecule has 0 fully saturated rings. The number of rotatable bonds is 1. The SMILES string of the molecule is Cc1nn(C)c(C(C)C)c1Br. The predicted octanol–water partition coefficient (Wildman–Crippen LogP) is 2.61. The average molecular weight is 217 g/mol. The third-order valence-electron chi connectivity index (χ3n) is 1.74. The first-order chi connectivity index (χ1) is 5.04. The van der Waals surface area contributed by atoms with E-state index in [9.17, 15) is 0 Å². The number of nitrogens with zero attached hydrogens (tertiary/aromatic N) is 2. The quantitative estimate of drug-likeness (QED) is 0.706. The molecule has 62 valence electrons. The van der Waals surface area contributed by atoms with Gasteiger partial charge in [-0.1, -0.05) is 13.8 Å². The van der Waals surface area contributed by atoms with Crippen LogP contribution in [0.2, 0.25) is 0 Å². The molecule has 3 heteroatoms. The molecule has 0 spiro atoms. The zero-order valence-electron chi connectivity index (χ0n) is 7.35. The third-order valence-corrected chi connectivity index (χ3v) is 2.72. The first kappa shape index (κ1) is 8.78. The Kier molecular flexibility index (Phi) is 2.37. The molecule has 1 aromatic heterocycles. The summed E-state index contributed by atoms with van der Waals surface area (Å²) in [7, 11) is 1.98. The Morgan fingerprint density at radius 2 is 2.00 bits per heavy atom. The molecule has 2 nitrogen and oxygen atoms in total. The largest absolute Gasteiger partial charge is 0.271 e. The molecule has 0 atom stereocenters. The Balaban J connectivity index is 3.22. The smallest absolute Gasteiger partial charge is 0.0738 e. The van der Waals surface area contributed by atoms with Crippen molar-refractivity contribution in [1.29, 1.82) is 0 Å². The average Bonchev–Trinajstić information content (AvgIpc) is 2.07. The van der Waals surface area contributed by atoms with Crippen molar-refractivity contribution >= 4 is 15.9 Å². The van der Waals surface area contributed by atoms with Gasteiger partial charge in [0.25, 0.3) is 0 Å². The summed E-state index contributed by atoms with van der Waals surface area (Å²) in [4.78, 5) is 0. The van der Waals surface area contributed by atoms with E-state index in [1.54, 1.807) is 0 Å². The number of halogens is 1. The summed E-state index contributed by atoms with van der Waals surface area (Å²) in [5.74, 6) is 0.524. The van der Waals surface area contributed by atoms with Gasteiger partial charge in [0.1, 0.15) is 0 Å². The first-order valence-electron chi connectivity index (χ1n) is 3.73. The molecular formula is C8H13BrN2. The van der Waals surface area contributed by atoms with Gasteiger partial charge in [-0.25, -0.2) is 0 Å². The Morgan fingerprint density at radius 3 is 2.18 bits per heavy atom. The summed E-state index contributed by atoms with van der Waals surface area (Å²) in [6.45, 7) is 6.35. The zero-order valence-corrected chi connectivity index (χ0v) is 8.94. The molecule has 0 unspecified atom stereocenters. The molecule has 0 aliphatic carbocycles. The first-order valence-corrected chi connectivity index (χ1v) is 4.52. The van der Waals surface area contributed by atoms with E-state index in [0.717, 1.165) is 10.2 Å². The van der Waals surface area contributed by atoms with Crippen molar-refractivity contribution in [3.63, 3.8) is 0 Å². The highest BCUT2D eigenvalue weighted by molar-refractivity contribution is 9.10. The molecule has 0 aromatic carbocycles. The van der Waals surface area contributed by atoms with E-state index in [0.29, 0.717) is 5.92 Å². The van der Waals surface area contributed by atoms with Crippen molar-refractivity contribution in [2.45, 2.75) is 26.7 Å². The van der Waals surface area contributed by atoms with E-state index in [1.807, 2.05) is 18.7 Å². The molecule has 0 aliphatic heterocycles. The fraction of sp³-hybridized carbons (Fsp3) is 0.625. The number of hydrogen-bond donors (Lipinski definition) is 0. The lowest BCUT2D eigenvalue weighted by Crippen LogP contribution is -1.99. The highest BCUT2D eigenvalue weighted by atomic mass is 79.9. The highest BCUT2D eigenvalue weighted by Crippen LogP contribution is 2.26. The van der Waals surface area contributed by atoms with Crippen molar-refractivity contribution in [3.8, 4) is 0 Å². The van der Waals surface area contributed by atoms with Gasteiger partial charge in [0.05, 0.1) is 15.9 Å². The van der Waals surface area contributed by atoms with Gasteiger partial charge in [0, 0.05) is 7.05 Å². The monoisotopic (exact) mass is 216 g/mol. The molecule has 0 saturated heterocycles. The molecule has 0 amide bonds. The molecule has 0 aliphatic rings. The van der Waals surface area contributed by atoms with E-state index in [1.165, 1.54) is 5.69 Å². The zero-order chi connectivity index (χ0) is 8.59. The summed E-state index contributed by atoms with van der Waals surface area (Å²) < 4.78 is 3.08. The summed E-state index contributed by atoms with van der Waals surface area (Å²) in [6, 6.07) is 0. The second-order valence-electron chi connectivity index (χ2n) is 3.06. The highest BCUT2D eigenvalue weighted by Gasteiger charge is 2.12. The molecular weight excluding hydrogens is 204 g/mol. The summed E-state index contributed by atoms with van der Waals surface area (Å²) >= 11 is 3.52. The molecule has 0 saturated carbocycles. The summed E-state index contributed by atoms with van der Waals surface area (Å²) in [5, 5.41) is 4.30. The lowest BCUT2D eigenvalue weighted by Gasteiger charge is -2.05. The fourth-order valence-corrected chi connectivity index (χ4v) is 2.07. The van der Waals surface area contributed by atoms with Crippen LogP contribution in [0.4, 0.5) is 0 Å². The third kappa shape index (κ3) is 1.48. The predicted molar refractivity (Wildman–Crippen MR) is 49.7 cm³/mol. The van der Waals surface area contributed by atoms with Crippen LogP contribution in [-0.4, -0.2) is 9.78 Å². The van der Waals surface area contributed by atoms with E-state index in [-0.39, 0.29) is 0 Å². The van der Waals surface area contributed by atoms with E-state index >= 15 is 0 Å². The Hall–Kier alpha value is -0.310. The van der Waals surface area contributed by atoms with Crippen molar-refractivity contribution in [2.24, 2.45) is 7.05 Å². The molecule has 0 bridgehead atoms. The van der Waals surface area contributed by atoms with Crippen LogP contribution in [0.5, 0.6) is 0 Å². The number of aromatic nitrogens is 2. The van der Waals surface area contributed by atoms with Gasteiger partial charge in [-0.2, -0.15) is 5.10 Å². The van der Waals surface area contributed by atoms with Crippen LogP contribution in [-0.2, 0) is 7.05 Å². The maximum absolute atomic E-state index is 4.30. The van der Waals surface area contributed by atoms with E-state index < -0.39 is 0 Å². The van der Waals surface area contributed by atoms with Gasteiger partial charge < -0.3 is 0 Å². The van der Waals surface area contributed by atoms with Crippen LogP contribution in [0.1, 0.15) is 31.2 Å². The Bertz CT molecular complexity index is 263. The van der Waals surface area contributed by atoms with Crippen LogP contribution in [0.3, 0.4) is 0 Å². The molecule has 1 rings (SSSR count). The maximum atomic E-state index is 4.30. The second-order valence-corrected chi connectivity index (χ2v) is 3.86. The molecule has 11 heavy (non-hydrogen) atoms. The minimum absolute atomic E-state index is 0.524. The lowest BCUT2D eigenvalue weighted by atomic mass is 10.1. The Morgan fingerprint density at radius 1 is 1.45 bits per heavy atom. The normalized spacial score (nSPS) is 11.1. The van der Waals surface area contributed by atoms with Crippen LogP contribution in [0.15, 0.2) is 4.47 Å². The van der Waals surface area contributed by atoms with E-state index in [2.05, 4.69) is 34.9 Å². The molecule has 0 radical (unpaired) electrons. The molecule has 1 heterocycles. The summed E-state index contributed by atoms with van der Waals surface area (Å²) in [5.41, 5.74) is 2.33. The lowest BCUT2D eigenvalue weighted by molar-refractivity contribution is 0.664. The maximum Gasteiger partial charge on any atom is 0.0738 e. The standard InChI is InChI=1S/C8H13BrN2/c1-5(2)8-7(9)6(3)10-11(8)4/h5H,1-4H3. The van der Waals surface area contributed by atoms with Gasteiger partial charge in [-0.15, -0.1) is 0 Å². The number of hydrogen-bond acceptors (Lipinski definition) is 1. The van der Waals surface area contributed by atoms with Crippen molar-refractivity contribution in [3.05, 3.63) is 15.9 Å². The minimum Gasteiger partial charge on any atom is -0.271 e. The van der Waals surface area contributed by atoms with Gasteiger partial charge >= 0.3 is 0 Å². The van der Waals surface area contributed by atoms with Gasteiger partial charge in [0.2, 0.25) is 0 Å². The van der Waals surface area contributed by atoms with E-state index in [4.69, 9.17) is 0 Å². The topological polar surface area (TPSA) is 17.8 Å². The van der Waals surface area contributed by atoms with Crippen LogP contribution in [0.25, 0.3) is 0 Å². The van der Waals surface area contributed by atoms with Crippen molar-refractivity contribution in [2.75, 3.05) is 0 Å².